The number of fused-ring (bicyclic) bond motifs is 1. The first-order valence-electron chi connectivity index (χ1n) is 15.0. The fourth-order valence-electron chi connectivity index (χ4n) is 5.16. The van der Waals surface area contributed by atoms with Gasteiger partial charge in [-0.25, -0.2) is 0 Å². The largest absolute Gasteiger partial charge is 0.463 e. The molecule has 3 aromatic carbocycles. The molecule has 1 aliphatic heterocycles. The number of rotatable bonds is 17. The zero-order chi connectivity index (χ0) is 28.0. The number of aliphatic hydroxyl groups is 1. The number of unbranched alkanes of at least 4 members (excludes halogenated alkanes) is 4. The lowest BCUT2D eigenvalue weighted by atomic mass is 10.0. The summed E-state index contributed by atoms with van der Waals surface area (Å²) in [7, 11) is 0. The molecule has 3 aromatic rings. The molecule has 0 spiro atoms. The van der Waals surface area contributed by atoms with Crippen molar-refractivity contribution in [2.75, 3.05) is 26.3 Å². The summed E-state index contributed by atoms with van der Waals surface area (Å²) in [5.74, 6) is 0.221. The summed E-state index contributed by atoms with van der Waals surface area (Å²) in [6.07, 6.45) is 7.42. The maximum absolute atomic E-state index is 11.2. The van der Waals surface area contributed by atoms with Crippen LogP contribution in [0.3, 0.4) is 0 Å². The minimum absolute atomic E-state index is 0.494. The summed E-state index contributed by atoms with van der Waals surface area (Å²) < 4.78 is 17.6. The first-order chi connectivity index (χ1) is 19.5. The van der Waals surface area contributed by atoms with Gasteiger partial charge in [-0.2, -0.15) is 0 Å². The van der Waals surface area contributed by atoms with Crippen molar-refractivity contribution >= 4 is 0 Å². The number of ether oxygens (including phenoxy) is 3. The molecular weight excluding hydrogens is 498 g/mol. The van der Waals surface area contributed by atoms with Crippen LogP contribution in [0.1, 0.15) is 80.7 Å². The van der Waals surface area contributed by atoms with E-state index in [9.17, 15) is 5.11 Å². The molecular formula is C35H47NO4. The van der Waals surface area contributed by atoms with Gasteiger partial charge in [-0.3, -0.25) is 4.90 Å². The molecule has 0 saturated carbocycles. The second-order valence-electron chi connectivity index (χ2n) is 11.4. The third-order valence-electron chi connectivity index (χ3n) is 7.44. The summed E-state index contributed by atoms with van der Waals surface area (Å²) in [5.41, 5.74) is 4.57. The van der Waals surface area contributed by atoms with Crippen molar-refractivity contribution < 1.29 is 19.3 Å². The Hall–Kier alpha value is -2.70. The molecule has 40 heavy (non-hydrogen) atoms. The summed E-state index contributed by atoms with van der Waals surface area (Å²) in [5, 5.41) is 11.2. The van der Waals surface area contributed by atoms with Gasteiger partial charge in [0.25, 0.3) is 0 Å². The van der Waals surface area contributed by atoms with Crippen LogP contribution in [0.4, 0.5) is 0 Å². The van der Waals surface area contributed by atoms with E-state index < -0.39 is 11.9 Å². The lowest BCUT2D eigenvalue weighted by Gasteiger charge is -2.33. The van der Waals surface area contributed by atoms with E-state index in [2.05, 4.69) is 59.5 Å². The molecule has 0 aliphatic carbocycles. The Bertz CT molecular complexity index is 1120. The fraction of sp³-hybridized carbons (Fsp3) is 0.486. The van der Waals surface area contributed by atoms with E-state index in [1.807, 2.05) is 38.1 Å². The smallest absolute Gasteiger partial charge is 0.205 e. The molecule has 0 bridgehead atoms. The minimum Gasteiger partial charge on any atom is -0.463 e. The molecule has 5 nitrogen and oxygen atoms in total. The Balaban J connectivity index is 1.16. The zero-order valence-electron chi connectivity index (χ0n) is 24.4. The highest BCUT2D eigenvalue weighted by molar-refractivity contribution is 5.39. The van der Waals surface area contributed by atoms with Gasteiger partial charge < -0.3 is 19.3 Å². The number of aryl methyl sites for hydroxylation is 1. The molecule has 0 amide bonds. The van der Waals surface area contributed by atoms with E-state index in [1.54, 1.807) is 0 Å². The standard InChI is InChI=1S/C35H47NO4/c1-35(2)39-28-32-25-31(20-21-34(32)40-35)33(37)27-36(26-30-18-9-6-10-19-30)22-12-3-4-13-23-38-24-14-11-17-29-15-7-5-8-16-29/h5-10,15-16,18-21,25,33,37H,3-4,11-14,17,22-24,26-28H2,1-2H3/t33-/m0/s1. The Morgan fingerprint density at radius 2 is 1.50 bits per heavy atom. The molecule has 0 aromatic heterocycles. The predicted molar refractivity (Wildman–Crippen MR) is 161 cm³/mol. The molecule has 4 rings (SSSR count). The van der Waals surface area contributed by atoms with Crippen LogP contribution in [0, 0.1) is 0 Å². The third-order valence-corrected chi connectivity index (χ3v) is 7.44. The van der Waals surface area contributed by atoms with Gasteiger partial charge in [-0.1, -0.05) is 79.6 Å². The van der Waals surface area contributed by atoms with Crippen molar-refractivity contribution in [2.45, 2.75) is 83.8 Å². The summed E-state index contributed by atoms with van der Waals surface area (Å²) in [6, 6.07) is 27.2. The fourth-order valence-corrected chi connectivity index (χ4v) is 5.16. The summed E-state index contributed by atoms with van der Waals surface area (Å²) >= 11 is 0. The van der Waals surface area contributed by atoms with E-state index >= 15 is 0 Å². The van der Waals surface area contributed by atoms with Crippen LogP contribution < -0.4 is 4.74 Å². The van der Waals surface area contributed by atoms with Gasteiger partial charge in [0.2, 0.25) is 5.79 Å². The lowest BCUT2D eigenvalue weighted by Crippen LogP contribution is -2.35. The van der Waals surface area contributed by atoms with Crippen molar-refractivity contribution in [1.29, 1.82) is 0 Å². The molecule has 0 fully saturated rings. The van der Waals surface area contributed by atoms with Gasteiger partial charge in [0.1, 0.15) is 5.75 Å². The maximum Gasteiger partial charge on any atom is 0.205 e. The minimum atomic E-state index is -0.617. The molecule has 216 valence electrons. The van der Waals surface area contributed by atoms with Gasteiger partial charge in [0, 0.05) is 45.7 Å². The number of benzene rings is 3. The van der Waals surface area contributed by atoms with E-state index in [4.69, 9.17) is 14.2 Å². The predicted octanol–water partition coefficient (Wildman–Crippen LogP) is 7.47. The van der Waals surface area contributed by atoms with Crippen LogP contribution in [-0.4, -0.2) is 42.1 Å². The topological polar surface area (TPSA) is 51.2 Å². The normalized spacial score (nSPS) is 15.0. The van der Waals surface area contributed by atoms with Crippen LogP contribution in [0.15, 0.2) is 78.9 Å². The lowest BCUT2D eigenvalue weighted by molar-refractivity contribution is -0.180. The monoisotopic (exact) mass is 545 g/mol. The number of hydrogen-bond acceptors (Lipinski definition) is 5. The van der Waals surface area contributed by atoms with Crippen LogP contribution in [0.2, 0.25) is 0 Å². The van der Waals surface area contributed by atoms with Crippen molar-refractivity contribution in [3.8, 4) is 5.75 Å². The molecule has 0 saturated heterocycles. The van der Waals surface area contributed by atoms with Crippen LogP contribution in [0.5, 0.6) is 5.75 Å². The van der Waals surface area contributed by atoms with Gasteiger partial charge >= 0.3 is 0 Å². The van der Waals surface area contributed by atoms with Crippen molar-refractivity contribution in [1.82, 2.24) is 4.90 Å². The summed E-state index contributed by atoms with van der Waals surface area (Å²) in [6.45, 7) is 8.41. The Morgan fingerprint density at radius 1 is 0.825 bits per heavy atom. The molecule has 1 heterocycles. The van der Waals surface area contributed by atoms with E-state index in [1.165, 1.54) is 30.4 Å². The maximum atomic E-state index is 11.2. The van der Waals surface area contributed by atoms with Gasteiger partial charge in [-0.05, 0) is 67.5 Å². The Labute approximate surface area is 241 Å². The first-order valence-corrected chi connectivity index (χ1v) is 15.0. The third kappa shape index (κ3) is 10.4. The average Bonchev–Trinajstić information content (AvgIpc) is 2.96. The molecule has 1 atom stereocenters. The number of aliphatic hydroxyl groups excluding tert-OH is 1. The van der Waals surface area contributed by atoms with E-state index in [0.717, 1.165) is 68.9 Å². The van der Waals surface area contributed by atoms with E-state index in [-0.39, 0.29) is 0 Å². The van der Waals surface area contributed by atoms with Crippen molar-refractivity contribution in [3.63, 3.8) is 0 Å². The quantitative estimate of drug-likeness (QED) is 0.178. The van der Waals surface area contributed by atoms with Crippen LogP contribution in [-0.2, 0) is 29.0 Å². The van der Waals surface area contributed by atoms with Crippen molar-refractivity contribution in [3.05, 3.63) is 101 Å². The highest BCUT2D eigenvalue weighted by Gasteiger charge is 2.28. The Kier molecular flexibility index (Phi) is 12.0. The molecule has 5 heteroatoms. The SMILES string of the molecule is CC1(C)OCc2cc([C@@H](O)CN(CCCCCCOCCCCc3ccccc3)Cc3ccccc3)ccc2O1. The van der Waals surface area contributed by atoms with Crippen LogP contribution >= 0.6 is 0 Å². The van der Waals surface area contributed by atoms with Crippen LogP contribution in [0.25, 0.3) is 0 Å². The number of nitrogens with zero attached hydrogens (tertiary/aromatic N) is 1. The van der Waals surface area contributed by atoms with Gasteiger partial charge in [-0.15, -0.1) is 0 Å². The highest BCUT2D eigenvalue weighted by atomic mass is 16.7. The molecule has 0 unspecified atom stereocenters. The zero-order valence-corrected chi connectivity index (χ0v) is 24.4. The second kappa shape index (κ2) is 15.9. The molecule has 1 N–H and O–H groups in total. The Morgan fingerprint density at radius 3 is 2.25 bits per heavy atom. The number of hydrogen-bond donors (Lipinski definition) is 1. The van der Waals surface area contributed by atoms with E-state index in [0.29, 0.717) is 13.2 Å². The molecule has 0 radical (unpaired) electrons. The summed E-state index contributed by atoms with van der Waals surface area (Å²) in [4.78, 5) is 2.37. The average molecular weight is 546 g/mol. The van der Waals surface area contributed by atoms with Crippen molar-refractivity contribution in [2.24, 2.45) is 0 Å². The molecule has 1 aliphatic rings. The first kappa shape index (κ1) is 30.3. The highest BCUT2D eigenvalue weighted by Crippen LogP contribution is 2.33. The second-order valence-corrected chi connectivity index (χ2v) is 11.4. The van der Waals surface area contributed by atoms with Gasteiger partial charge in [0.05, 0.1) is 12.7 Å². The van der Waals surface area contributed by atoms with Gasteiger partial charge in [0.15, 0.2) is 0 Å².